The molecule has 5 rings (SSSR count). The molecule has 178 valence electrons. The number of nitro groups is 1. The lowest BCUT2D eigenvalue weighted by atomic mass is 9.95. The van der Waals surface area contributed by atoms with Gasteiger partial charge in [-0.05, 0) is 19.1 Å². The minimum Gasteiger partial charge on any atom is -0.389 e. The van der Waals surface area contributed by atoms with Gasteiger partial charge >= 0.3 is 0 Å². The van der Waals surface area contributed by atoms with Gasteiger partial charge in [0.1, 0.15) is 0 Å². The molecule has 10 nitrogen and oxygen atoms in total. The van der Waals surface area contributed by atoms with Crippen LogP contribution in [-0.4, -0.2) is 50.7 Å². The van der Waals surface area contributed by atoms with Crippen LogP contribution >= 0.6 is 0 Å². The first-order chi connectivity index (χ1) is 16.9. The van der Waals surface area contributed by atoms with Gasteiger partial charge in [-0.2, -0.15) is 0 Å². The highest BCUT2D eigenvalue weighted by molar-refractivity contribution is 6.51. The highest BCUT2D eigenvalue weighted by atomic mass is 16.6. The molecule has 10 heteroatoms. The van der Waals surface area contributed by atoms with Crippen molar-refractivity contribution in [2.75, 3.05) is 13.2 Å². The molecule has 1 unspecified atom stereocenters. The zero-order valence-electron chi connectivity index (χ0n) is 18.8. The number of para-hydroxylation sites is 1. The molecule has 1 aliphatic heterocycles. The first-order valence-corrected chi connectivity index (χ1v) is 11.1. The van der Waals surface area contributed by atoms with E-state index < -0.39 is 22.8 Å². The average Bonchev–Trinajstić information content (AvgIpc) is 3.50. The molecule has 3 N–H and O–H groups in total. The number of nitrogens with zero attached hydrogens (tertiary/aromatic N) is 2. The van der Waals surface area contributed by atoms with Gasteiger partial charge in [0.25, 0.3) is 17.5 Å². The van der Waals surface area contributed by atoms with Crippen molar-refractivity contribution in [1.29, 1.82) is 0 Å². The maximum Gasteiger partial charge on any atom is 0.279 e. The zero-order valence-corrected chi connectivity index (χ0v) is 18.8. The minimum atomic E-state index is -0.876. The van der Waals surface area contributed by atoms with Gasteiger partial charge in [-0.1, -0.05) is 24.3 Å². The summed E-state index contributed by atoms with van der Waals surface area (Å²) >= 11 is 0. The summed E-state index contributed by atoms with van der Waals surface area (Å²) in [5.41, 5.74) is 2.01. The largest absolute Gasteiger partial charge is 0.389 e. The SMILES string of the molecule is CCOCC(O)Cn1cc(C2=C(c3c[nH]c4ccccc34)C(=O)NC2=O)c2c([N+](=O)[O-])cccc21. The number of benzene rings is 2. The van der Waals surface area contributed by atoms with Crippen LogP contribution < -0.4 is 5.32 Å². The third-order valence-corrected chi connectivity index (χ3v) is 6.06. The van der Waals surface area contributed by atoms with Gasteiger partial charge in [0, 0.05) is 47.1 Å². The quantitative estimate of drug-likeness (QED) is 0.204. The van der Waals surface area contributed by atoms with Crippen LogP contribution in [0.1, 0.15) is 18.1 Å². The van der Waals surface area contributed by atoms with Crippen LogP contribution in [0.2, 0.25) is 0 Å². The Morgan fingerprint density at radius 2 is 1.83 bits per heavy atom. The van der Waals surface area contributed by atoms with Crippen molar-refractivity contribution >= 4 is 50.5 Å². The Kier molecular flexibility index (Phi) is 5.67. The number of carbonyl (C=O) groups is 2. The number of H-pyrrole nitrogens is 1. The van der Waals surface area contributed by atoms with Crippen LogP contribution in [-0.2, 0) is 20.9 Å². The van der Waals surface area contributed by atoms with E-state index in [2.05, 4.69) is 10.3 Å². The van der Waals surface area contributed by atoms with Crippen molar-refractivity contribution in [1.82, 2.24) is 14.9 Å². The highest BCUT2D eigenvalue weighted by Crippen LogP contribution is 2.41. The van der Waals surface area contributed by atoms with Gasteiger partial charge in [-0.3, -0.25) is 25.0 Å². The summed E-state index contributed by atoms with van der Waals surface area (Å²) in [6.07, 6.45) is 2.35. The smallest absolute Gasteiger partial charge is 0.279 e. The molecule has 0 saturated carbocycles. The summed E-state index contributed by atoms with van der Waals surface area (Å²) in [5, 5.41) is 25.7. The molecule has 0 bridgehead atoms. The summed E-state index contributed by atoms with van der Waals surface area (Å²) in [4.78, 5) is 40.6. The Morgan fingerprint density at radius 1 is 1.09 bits per heavy atom. The summed E-state index contributed by atoms with van der Waals surface area (Å²) in [5.74, 6) is -1.21. The molecule has 0 saturated heterocycles. The van der Waals surface area contributed by atoms with Gasteiger partial charge in [0.2, 0.25) is 0 Å². The van der Waals surface area contributed by atoms with E-state index in [0.717, 1.165) is 10.9 Å². The van der Waals surface area contributed by atoms with Gasteiger partial charge in [-0.15, -0.1) is 0 Å². The fraction of sp³-hybridized carbons (Fsp3) is 0.200. The van der Waals surface area contributed by atoms with E-state index in [1.807, 2.05) is 31.2 Å². The second kappa shape index (κ2) is 8.82. The van der Waals surface area contributed by atoms with E-state index in [0.29, 0.717) is 17.7 Å². The molecule has 2 aromatic carbocycles. The molecular formula is C25H22N4O6. The minimum absolute atomic E-state index is 0.0529. The summed E-state index contributed by atoms with van der Waals surface area (Å²) in [7, 11) is 0. The first-order valence-electron chi connectivity index (χ1n) is 11.1. The number of rotatable bonds is 8. The Balaban J connectivity index is 1.78. The Hall–Kier alpha value is -4.28. The van der Waals surface area contributed by atoms with Crippen molar-refractivity contribution in [2.24, 2.45) is 0 Å². The molecule has 0 radical (unpaired) electrons. The lowest BCUT2D eigenvalue weighted by molar-refractivity contribution is -0.383. The topological polar surface area (TPSA) is 139 Å². The normalized spacial score (nSPS) is 14.8. The fourth-order valence-corrected chi connectivity index (χ4v) is 4.61. The van der Waals surface area contributed by atoms with Crippen molar-refractivity contribution in [2.45, 2.75) is 19.6 Å². The molecule has 1 atom stereocenters. The molecule has 0 aliphatic carbocycles. The number of aromatic nitrogens is 2. The number of aliphatic hydroxyl groups is 1. The Labute approximate surface area is 199 Å². The number of ether oxygens (including phenoxy) is 1. The number of carbonyl (C=O) groups excluding carboxylic acids is 2. The average molecular weight is 474 g/mol. The number of nitrogens with one attached hydrogen (secondary N) is 2. The third kappa shape index (κ3) is 3.78. The number of aliphatic hydroxyl groups excluding tert-OH is 1. The number of fused-ring (bicyclic) bond motifs is 2. The van der Waals surface area contributed by atoms with Gasteiger partial charge < -0.3 is 19.4 Å². The lowest BCUT2D eigenvalue weighted by Gasteiger charge is -2.12. The summed E-state index contributed by atoms with van der Waals surface area (Å²) in [6, 6.07) is 11.9. The van der Waals surface area contributed by atoms with Crippen LogP contribution in [0, 0.1) is 10.1 Å². The number of imide groups is 1. The van der Waals surface area contributed by atoms with Gasteiger partial charge in [0.15, 0.2) is 0 Å². The number of aromatic amines is 1. The lowest BCUT2D eigenvalue weighted by Crippen LogP contribution is -2.22. The van der Waals surface area contributed by atoms with Crippen molar-refractivity contribution in [3.8, 4) is 0 Å². The van der Waals surface area contributed by atoms with E-state index in [1.54, 1.807) is 29.1 Å². The molecule has 35 heavy (non-hydrogen) atoms. The Morgan fingerprint density at radius 3 is 2.57 bits per heavy atom. The molecule has 3 heterocycles. The van der Waals surface area contributed by atoms with E-state index >= 15 is 0 Å². The fourth-order valence-electron chi connectivity index (χ4n) is 4.61. The Bertz CT molecular complexity index is 1530. The maximum absolute atomic E-state index is 13.1. The van der Waals surface area contributed by atoms with Gasteiger partial charge in [-0.25, -0.2) is 0 Å². The predicted molar refractivity (Wildman–Crippen MR) is 129 cm³/mol. The third-order valence-electron chi connectivity index (χ3n) is 6.06. The molecule has 2 amide bonds. The monoisotopic (exact) mass is 474 g/mol. The van der Waals surface area contributed by atoms with Gasteiger partial charge in [0.05, 0.1) is 46.2 Å². The van der Waals surface area contributed by atoms with Crippen molar-refractivity contribution in [3.63, 3.8) is 0 Å². The molecule has 1 aliphatic rings. The number of amides is 2. The van der Waals surface area contributed by atoms with Crippen LogP contribution in [0.15, 0.2) is 54.9 Å². The van der Waals surface area contributed by atoms with Crippen molar-refractivity contribution in [3.05, 3.63) is 76.1 Å². The van der Waals surface area contributed by atoms with E-state index in [-0.39, 0.29) is 40.9 Å². The van der Waals surface area contributed by atoms with E-state index in [9.17, 15) is 24.8 Å². The van der Waals surface area contributed by atoms with E-state index in [1.165, 1.54) is 6.07 Å². The van der Waals surface area contributed by atoms with Crippen LogP contribution in [0.5, 0.6) is 0 Å². The standard InChI is InChI=1S/C25H22N4O6/c1-2-35-13-14(30)11-28-12-17(21-19(28)8-5-9-20(21)29(33)34)23-22(24(31)27-25(23)32)16-10-26-18-7-4-3-6-15(16)18/h3-10,12,14,26,30H,2,11,13H2,1H3,(H,27,31,32). The molecular weight excluding hydrogens is 452 g/mol. The predicted octanol–water partition coefficient (Wildman–Crippen LogP) is 3.00. The maximum atomic E-state index is 13.1. The number of non-ortho nitro benzene ring substituents is 1. The van der Waals surface area contributed by atoms with Crippen LogP contribution in [0.3, 0.4) is 0 Å². The summed E-state index contributed by atoms with van der Waals surface area (Å²) < 4.78 is 6.94. The van der Waals surface area contributed by atoms with Crippen molar-refractivity contribution < 1.29 is 24.4 Å². The molecule has 2 aromatic heterocycles. The highest BCUT2D eigenvalue weighted by Gasteiger charge is 2.36. The van der Waals surface area contributed by atoms with Crippen LogP contribution in [0.25, 0.3) is 33.0 Å². The second-order valence-electron chi connectivity index (χ2n) is 8.22. The second-order valence-corrected chi connectivity index (χ2v) is 8.22. The molecule has 4 aromatic rings. The molecule has 0 fully saturated rings. The molecule has 0 spiro atoms. The number of nitro benzene ring substituents is 1. The first kappa shape index (κ1) is 22.5. The zero-order chi connectivity index (χ0) is 24.7. The van der Waals surface area contributed by atoms with Crippen LogP contribution in [0.4, 0.5) is 5.69 Å². The number of hydrogen-bond acceptors (Lipinski definition) is 6. The number of hydrogen-bond donors (Lipinski definition) is 3. The van der Waals surface area contributed by atoms with E-state index in [4.69, 9.17) is 4.74 Å². The summed E-state index contributed by atoms with van der Waals surface area (Å²) in [6.45, 7) is 2.42.